The first-order valence-corrected chi connectivity index (χ1v) is 5.45. The summed E-state index contributed by atoms with van der Waals surface area (Å²) in [7, 11) is 0. The molecule has 0 aromatic rings. The van der Waals surface area contributed by atoms with Crippen LogP contribution in [0, 0.1) is 5.92 Å². The van der Waals surface area contributed by atoms with E-state index >= 15 is 0 Å². The number of carbonyl (C=O) groups is 1. The predicted molar refractivity (Wildman–Crippen MR) is 57.8 cm³/mol. The summed E-state index contributed by atoms with van der Waals surface area (Å²) in [4.78, 5) is 10.9. The molecule has 0 heterocycles. The molecule has 0 aliphatic heterocycles. The number of rotatable bonds is 2. The minimum atomic E-state index is -0.126. The van der Waals surface area contributed by atoms with Crippen molar-refractivity contribution < 1.29 is 4.79 Å². The fourth-order valence-electron chi connectivity index (χ4n) is 2.13. The van der Waals surface area contributed by atoms with Crippen molar-refractivity contribution in [2.24, 2.45) is 11.7 Å². The third kappa shape index (κ3) is 3.66. The molecule has 82 valence electrons. The molecule has 0 aromatic heterocycles. The molecule has 1 aliphatic rings. The number of carbonyl (C=O) groups excluding carboxylic acids is 1. The highest BCUT2D eigenvalue weighted by Gasteiger charge is 2.26. The highest BCUT2D eigenvalue weighted by atomic mass is 16.1. The topological polar surface area (TPSA) is 55.1 Å². The van der Waals surface area contributed by atoms with E-state index in [2.05, 4.69) is 26.1 Å². The van der Waals surface area contributed by atoms with Gasteiger partial charge >= 0.3 is 0 Å². The summed E-state index contributed by atoms with van der Waals surface area (Å²) in [5.41, 5.74) is 5.45. The number of amides is 1. The maximum Gasteiger partial charge on any atom is 0.220 e. The molecule has 1 rings (SSSR count). The summed E-state index contributed by atoms with van der Waals surface area (Å²) in [6.45, 7) is 6.52. The Morgan fingerprint density at radius 1 is 1.21 bits per heavy atom. The van der Waals surface area contributed by atoms with Crippen LogP contribution in [0.15, 0.2) is 0 Å². The van der Waals surface area contributed by atoms with Gasteiger partial charge in [0.25, 0.3) is 0 Å². The zero-order valence-electron chi connectivity index (χ0n) is 9.47. The molecule has 0 saturated heterocycles. The van der Waals surface area contributed by atoms with Crippen molar-refractivity contribution in [3.05, 3.63) is 0 Å². The molecule has 0 atom stereocenters. The van der Waals surface area contributed by atoms with Gasteiger partial charge in [-0.2, -0.15) is 0 Å². The Hall–Kier alpha value is -0.570. The van der Waals surface area contributed by atoms with Crippen LogP contribution in [0.5, 0.6) is 0 Å². The first-order valence-electron chi connectivity index (χ1n) is 5.45. The van der Waals surface area contributed by atoms with Gasteiger partial charge in [0.15, 0.2) is 0 Å². The van der Waals surface area contributed by atoms with Crippen LogP contribution in [-0.2, 0) is 4.79 Å². The summed E-state index contributed by atoms with van der Waals surface area (Å²) < 4.78 is 0. The van der Waals surface area contributed by atoms with Crippen molar-refractivity contribution in [3.8, 4) is 0 Å². The second-order valence-corrected chi connectivity index (χ2v) is 5.35. The summed E-state index contributed by atoms with van der Waals surface area (Å²) in [6, 6.07) is 0.561. The molecule has 14 heavy (non-hydrogen) atoms. The summed E-state index contributed by atoms with van der Waals surface area (Å²) >= 11 is 0. The highest BCUT2D eigenvalue weighted by Crippen LogP contribution is 2.25. The Morgan fingerprint density at radius 2 is 1.71 bits per heavy atom. The van der Waals surface area contributed by atoms with Gasteiger partial charge in [0, 0.05) is 17.5 Å². The Labute approximate surface area is 86.4 Å². The van der Waals surface area contributed by atoms with Crippen LogP contribution in [0.4, 0.5) is 0 Å². The van der Waals surface area contributed by atoms with Gasteiger partial charge in [0.1, 0.15) is 0 Å². The first-order chi connectivity index (χ1) is 6.38. The standard InChI is InChI=1S/C11H22N2O/c1-11(2,3)13-9-6-4-8(5-7-9)10(12)14/h8-9,13H,4-7H2,1-3H3,(H2,12,14). The fraction of sp³-hybridized carbons (Fsp3) is 0.909. The number of primary amides is 1. The van der Waals surface area contributed by atoms with Crippen LogP contribution in [0.3, 0.4) is 0 Å². The summed E-state index contributed by atoms with van der Waals surface area (Å²) in [5, 5.41) is 3.57. The molecule has 0 spiro atoms. The maximum atomic E-state index is 10.9. The second kappa shape index (κ2) is 4.30. The summed E-state index contributed by atoms with van der Waals surface area (Å²) in [6.07, 6.45) is 4.04. The molecular formula is C11H22N2O. The van der Waals surface area contributed by atoms with E-state index in [1.165, 1.54) is 0 Å². The van der Waals surface area contributed by atoms with Crippen molar-refractivity contribution in [1.82, 2.24) is 5.32 Å². The molecule has 0 aromatic carbocycles. The normalized spacial score (nSPS) is 28.8. The Kier molecular flexibility index (Phi) is 3.53. The zero-order valence-corrected chi connectivity index (χ0v) is 9.47. The van der Waals surface area contributed by atoms with Gasteiger partial charge < -0.3 is 11.1 Å². The smallest absolute Gasteiger partial charge is 0.220 e. The largest absolute Gasteiger partial charge is 0.369 e. The van der Waals surface area contributed by atoms with Crippen LogP contribution >= 0.6 is 0 Å². The lowest BCUT2D eigenvalue weighted by Gasteiger charge is -2.33. The van der Waals surface area contributed by atoms with Gasteiger partial charge in [-0.3, -0.25) is 4.79 Å². The van der Waals surface area contributed by atoms with Gasteiger partial charge in [-0.05, 0) is 46.5 Å². The van der Waals surface area contributed by atoms with E-state index in [0.29, 0.717) is 6.04 Å². The van der Waals surface area contributed by atoms with Crippen molar-refractivity contribution in [2.45, 2.75) is 58.0 Å². The number of hydrogen-bond acceptors (Lipinski definition) is 2. The van der Waals surface area contributed by atoms with Crippen molar-refractivity contribution in [2.75, 3.05) is 0 Å². The van der Waals surface area contributed by atoms with E-state index in [0.717, 1.165) is 25.7 Å². The molecule has 0 radical (unpaired) electrons. The maximum absolute atomic E-state index is 10.9. The highest BCUT2D eigenvalue weighted by molar-refractivity contribution is 5.76. The van der Waals surface area contributed by atoms with Crippen molar-refractivity contribution in [3.63, 3.8) is 0 Å². The minimum absolute atomic E-state index is 0.119. The van der Waals surface area contributed by atoms with Crippen LogP contribution in [-0.4, -0.2) is 17.5 Å². The van der Waals surface area contributed by atoms with Crippen LogP contribution in [0.2, 0.25) is 0 Å². The van der Waals surface area contributed by atoms with Gasteiger partial charge in [0.2, 0.25) is 5.91 Å². The lowest BCUT2D eigenvalue weighted by Crippen LogP contribution is -2.46. The first kappa shape index (κ1) is 11.5. The van der Waals surface area contributed by atoms with E-state index < -0.39 is 0 Å². The van der Waals surface area contributed by atoms with Gasteiger partial charge in [-0.1, -0.05) is 0 Å². The van der Waals surface area contributed by atoms with Crippen molar-refractivity contribution >= 4 is 5.91 Å². The molecule has 3 nitrogen and oxygen atoms in total. The van der Waals surface area contributed by atoms with E-state index in [1.807, 2.05) is 0 Å². The molecule has 1 saturated carbocycles. The average Bonchev–Trinajstić information content (AvgIpc) is 2.02. The Morgan fingerprint density at radius 3 is 2.07 bits per heavy atom. The Balaban J connectivity index is 2.33. The van der Waals surface area contributed by atoms with E-state index in [1.54, 1.807) is 0 Å². The van der Waals surface area contributed by atoms with Crippen LogP contribution < -0.4 is 11.1 Å². The molecule has 3 N–H and O–H groups in total. The lowest BCUT2D eigenvalue weighted by atomic mass is 9.85. The van der Waals surface area contributed by atoms with Crippen molar-refractivity contribution in [1.29, 1.82) is 0 Å². The second-order valence-electron chi connectivity index (χ2n) is 5.35. The third-order valence-electron chi connectivity index (χ3n) is 2.77. The molecule has 0 bridgehead atoms. The molecule has 1 amide bonds. The monoisotopic (exact) mass is 198 g/mol. The zero-order chi connectivity index (χ0) is 10.8. The van der Waals surface area contributed by atoms with Crippen LogP contribution in [0.25, 0.3) is 0 Å². The lowest BCUT2D eigenvalue weighted by molar-refractivity contribution is -0.122. The predicted octanol–water partition coefficient (Wildman–Crippen LogP) is 1.42. The molecular weight excluding hydrogens is 176 g/mol. The molecule has 0 unspecified atom stereocenters. The molecule has 1 aliphatic carbocycles. The van der Waals surface area contributed by atoms with E-state index in [-0.39, 0.29) is 17.4 Å². The van der Waals surface area contributed by atoms with Gasteiger partial charge in [-0.15, -0.1) is 0 Å². The quantitative estimate of drug-likeness (QED) is 0.705. The summed E-state index contributed by atoms with van der Waals surface area (Å²) in [5.74, 6) is -0.00720. The molecule has 1 fully saturated rings. The Bertz CT molecular complexity index is 200. The fourth-order valence-corrected chi connectivity index (χ4v) is 2.13. The SMILES string of the molecule is CC(C)(C)NC1CCC(C(N)=O)CC1. The number of nitrogens with two attached hydrogens (primary N) is 1. The van der Waals surface area contributed by atoms with E-state index in [4.69, 9.17) is 5.73 Å². The van der Waals surface area contributed by atoms with Gasteiger partial charge in [-0.25, -0.2) is 0 Å². The number of nitrogens with one attached hydrogen (secondary N) is 1. The van der Waals surface area contributed by atoms with Crippen LogP contribution in [0.1, 0.15) is 46.5 Å². The van der Waals surface area contributed by atoms with Gasteiger partial charge in [0.05, 0.1) is 0 Å². The van der Waals surface area contributed by atoms with E-state index in [9.17, 15) is 4.79 Å². The minimum Gasteiger partial charge on any atom is -0.369 e. The molecule has 3 heteroatoms. The average molecular weight is 198 g/mol. The third-order valence-corrected chi connectivity index (χ3v) is 2.77. The number of hydrogen-bond donors (Lipinski definition) is 2.